The molecule has 8 nitrogen and oxygen atoms in total. The maximum Gasteiger partial charge on any atom is 0.417 e. The van der Waals surface area contributed by atoms with E-state index in [2.05, 4.69) is 15.1 Å². The fourth-order valence-corrected chi connectivity index (χ4v) is 6.12. The van der Waals surface area contributed by atoms with Crippen LogP contribution in [0.2, 0.25) is 5.02 Å². The zero-order chi connectivity index (χ0) is 29.9. The Morgan fingerprint density at radius 2 is 1.79 bits per heavy atom. The van der Waals surface area contributed by atoms with E-state index in [1.807, 2.05) is 0 Å². The molecule has 232 valence electrons. The number of carbonyl (C=O) groups is 2. The van der Waals surface area contributed by atoms with Crippen LogP contribution in [0.4, 0.5) is 18.3 Å². The van der Waals surface area contributed by atoms with E-state index in [-0.39, 0.29) is 63.7 Å². The molecule has 2 heterocycles. The molecule has 5 rings (SSSR count). The molecule has 0 atom stereocenters. The number of anilines is 1. The van der Waals surface area contributed by atoms with Crippen molar-refractivity contribution in [3.63, 3.8) is 0 Å². The van der Waals surface area contributed by atoms with Gasteiger partial charge in [0.1, 0.15) is 17.4 Å². The molecule has 0 radical (unpaired) electrons. The summed E-state index contributed by atoms with van der Waals surface area (Å²) in [5.74, 6) is -0.645. The summed E-state index contributed by atoms with van der Waals surface area (Å²) in [5, 5.41) is 17.7. The van der Waals surface area contributed by atoms with Crippen LogP contribution in [0.3, 0.4) is 0 Å². The summed E-state index contributed by atoms with van der Waals surface area (Å²) < 4.78 is 48.2. The lowest BCUT2D eigenvalue weighted by Gasteiger charge is -2.31. The van der Waals surface area contributed by atoms with Gasteiger partial charge in [-0.1, -0.05) is 35.1 Å². The lowest BCUT2D eigenvalue weighted by molar-refractivity contribution is -0.138. The molecular weight excluding hydrogens is 628 g/mol. The Bertz CT molecular complexity index is 1430. The number of carbonyl (C=O) groups excluding carboxylic acids is 1. The maximum atomic E-state index is 14.2. The third-order valence-electron chi connectivity index (χ3n) is 7.51. The number of carboxylic acids is 1. The van der Waals surface area contributed by atoms with E-state index in [9.17, 15) is 22.8 Å². The molecular formula is C29H31Cl2F3N4O4S. The van der Waals surface area contributed by atoms with Crippen molar-refractivity contribution in [1.29, 1.82) is 0 Å². The smallest absolute Gasteiger partial charge is 0.417 e. The lowest BCUT2D eigenvalue weighted by atomic mass is 9.94. The minimum absolute atomic E-state index is 0. The summed E-state index contributed by atoms with van der Waals surface area (Å²) in [5.41, 5.74) is -0.752. The quantitative estimate of drug-likeness (QED) is 0.239. The van der Waals surface area contributed by atoms with Crippen LogP contribution >= 0.6 is 35.3 Å². The summed E-state index contributed by atoms with van der Waals surface area (Å²) in [6.07, 6.45) is -1.06. The standard InChI is InChI=1S/C29H30ClF3N4O4S.ClH/c30-24-4-2-1-3-22(24)27(40)37(17-19-5-6-19)28-35-34-26(42-28)21-8-7-20(16-23(21)29(31,32)33)41-14-13-36-11-9-18(10-12-36)15-25(38)39;/h1-4,7-8,16,18-19H,5-6,9-15,17H2,(H,38,39);1H. The molecule has 43 heavy (non-hydrogen) atoms. The van der Waals surface area contributed by atoms with Crippen LogP contribution in [0.1, 0.15) is 48.0 Å². The molecule has 14 heteroatoms. The van der Waals surface area contributed by atoms with Gasteiger partial charge in [0, 0.05) is 25.1 Å². The molecule has 0 unspecified atom stereocenters. The van der Waals surface area contributed by atoms with Gasteiger partial charge in [0.05, 0.1) is 16.1 Å². The van der Waals surface area contributed by atoms with E-state index < -0.39 is 17.7 Å². The first-order chi connectivity index (χ1) is 20.1. The van der Waals surface area contributed by atoms with E-state index in [4.69, 9.17) is 21.4 Å². The SMILES string of the molecule is Cl.O=C(O)CC1CCN(CCOc2ccc(-c3nnc(N(CC4CC4)C(=O)c4ccccc4Cl)s3)c(C(F)(F)F)c2)CC1. The monoisotopic (exact) mass is 658 g/mol. The summed E-state index contributed by atoms with van der Waals surface area (Å²) in [6.45, 7) is 2.56. The summed E-state index contributed by atoms with van der Waals surface area (Å²) in [7, 11) is 0. The van der Waals surface area contributed by atoms with Crippen LogP contribution in [0, 0.1) is 11.8 Å². The first-order valence-corrected chi connectivity index (χ1v) is 15.0. The Morgan fingerprint density at radius 3 is 2.44 bits per heavy atom. The topological polar surface area (TPSA) is 95.9 Å². The van der Waals surface area contributed by atoms with Crippen LogP contribution < -0.4 is 9.64 Å². The van der Waals surface area contributed by atoms with Gasteiger partial charge in [-0.25, -0.2) is 0 Å². The highest BCUT2D eigenvalue weighted by Crippen LogP contribution is 2.42. The van der Waals surface area contributed by atoms with Gasteiger partial charge in [-0.2, -0.15) is 13.2 Å². The van der Waals surface area contributed by atoms with Crippen molar-refractivity contribution >= 4 is 52.4 Å². The molecule has 1 saturated heterocycles. The Hall–Kier alpha value is -2.93. The molecule has 2 aliphatic rings. The molecule has 1 amide bonds. The van der Waals surface area contributed by atoms with E-state index in [1.165, 1.54) is 17.0 Å². The highest BCUT2D eigenvalue weighted by atomic mass is 35.5. The maximum absolute atomic E-state index is 14.2. The molecule has 2 fully saturated rings. The van der Waals surface area contributed by atoms with Gasteiger partial charge in [-0.3, -0.25) is 19.4 Å². The fraction of sp³-hybridized carbons (Fsp3) is 0.448. The van der Waals surface area contributed by atoms with E-state index >= 15 is 0 Å². The van der Waals surface area contributed by atoms with Crippen molar-refractivity contribution < 1.29 is 32.6 Å². The molecule has 0 bridgehead atoms. The predicted molar refractivity (Wildman–Crippen MR) is 160 cm³/mol. The van der Waals surface area contributed by atoms with Crippen LogP contribution in [0.15, 0.2) is 42.5 Å². The van der Waals surface area contributed by atoms with Crippen molar-refractivity contribution in [1.82, 2.24) is 15.1 Å². The number of aliphatic carboxylic acids is 1. The minimum Gasteiger partial charge on any atom is -0.492 e. The minimum atomic E-state index is -4.67. The normalized spacial score (nSPS) is 16.0. The van der Waals surface area contributed by atoms with Crippen molar-refractivity contribution in [2.45, 2.75) is 38.3 Å². The predicted octanol–water partition coefficient (Wildman–Crippen LogP) is 6.92. The van der Waals surface area contributed by atoms with Crippen molar-refractivity contribution in [2.75, 3.05) is 37.7 Å². The number of benzene rings is 2. The zero-order valence-corrected chi connectivity index (χ0v) is 25.4. The summed E-state index contributed by atoms with van der Waals surface area (Å²) in [6, 6.07) is 10.4. The number of likely N-dealkylation sites (tertiary alicyclic amines) is 1. The second-order valence-electron chi connectivity index (χ2n) is 10.7. The average Bonchev–Trinajstić information content (AvgIpc) is 3.65. The number of hydrogen-bond acceptors (Lipinski definition) is 7. The number of alkyl halides is 3. The number of nitrogens with zero attached hydrogens (tertiary/aromatic N) is 4. The largest absolute Gasteiger partial charge is 0.492 e. The molecule has 1 aliphatic carbocycles. The van der Waals surface area contributed by atoms with Gasteiger partial charge < -0.3 is 9.84 Å². The number of piperidine rings is 1. The van der Waals surface area contributed by atoms with Gasteiger partial charge in [0.15, 0.2) is 0 Å². The highest BCUT2D eigenvalue weighted by molar-refractivity contribution is 7.18. The number of rotatable bonds is 11. The number of ether oxygens (including phenoxy) is 1. The first kappa shape index (κ1) is 33.0. The number of amides is 1. The summed E-state index contributed by atoms with van der Waals surface area (Å²) in [4.78, 5) is 27.9. The Morgan fingerprint density at radius 1 is 1.07 bits per heavy atom. The van der Waals surface area contributed by atoms with Crippen LogP contribution in [0.25, 0.3) is 10.6 Å². The number of aromatic nitrogens is 2. The average molecular weight is 660 g/mol. The third-order valence-corrected chi connectivity index (χ3v) is 8.81. The van der Waals surface area contributed by atoms with E-state index in [1.54, 1.807) is 24.3 Å². The fourth-order valence-electron chi connectivity index (χ4n) is 5.01. The molecule has 1 saturated carbocycles. The van der Waals surface area contributed by atoms with E-state index in [0.717, 1.165) is 56.2 Å². The van der Waals surface area contributed by atoms with Crippen LogP contribution in [-0.2, 0) is 11.0 Å². The summed E-state index contributed by atoms with van der Waals surface area (Å²) >= 11 is 7.18. The second-order valence-corrected chi connectivity index (χ2v) is 12.0. The molecule has 1 aromatic heterocycles. The Kier molecular flexibility index (Phi) is 10.9. The van der Waals surface area contributed by atoms with Crippen molar-refractivity contribution in [3.8, 4) is 16.3 Å². The van der Waals surface area contributed by atoms with Gasteiger partial charge in [-0.15, -0.1) is 22.6 Å². The molecule has 2 aromatic carbocycles. The molecule has 1 aliphatic heterocycles. The van der Waals surface area contributed by atoms with Crippen LogP contribution in [-0.4, -0.2) is 64.9 Å². The van der Waals surface area contributed by atoms with Gasteiger partial charge >= 0.3 is 12.1 Å². The van der Waals surface area contributed by atoms with E-state index in [0.29, 0.717) is 24.6 Å². The number of hydrogen-bond donors (Lipinski definition) is 1. The zero-order valence-electron chi connectivity index (χ0n) is 23.1. The highest BCUT2D eigenvalue weighted by Gasteiger charge is 2.36. The lowest BCUT2D eigenvalue weighted by Crippen LogP contribution is -2.37. The molecule has 3 aromatic rings. The number of carboxylic acid groups (broad SMARTS) is 1. The van der Waals surface area contributed by atoms with Gasteiger partial charge in [0.2, 0.25) is 5.13 Å². The third kappa shape index (κ3) is 8.59. The Labute approximate surface area is 262 Å². The Balaban J connectivity index is 0.00000423. The van der Waals surface area contributed by atoms with Gasteiger partial charge in [0.25, 0.3) is 5.91 Å². The van der Waals surface area contributed by atoms with Gasteiger partial charge in [-0.05, 0) is 80.9 Å². The number of halogens is 5. The van der Waals surface area contributed by atoms with Crippen LogP contribution in [0.5, 0.6) is 5.75 Å². The molecule has 1 N–H and O–H groups in total. The van der Waals surface area contributed by atoms with Crippen molar-refractivity contribution in [3.05, 3.63) is 58.6 Å². The molecule has 0 spiro atoms. The first-order valence-electron chi connectivity index (χ1n) is 13.8. The second kappa shape index (κ2) is 14.2. The van der Waals surface area contributed by atoms with Crippen molar-refractivity contribution in [2.24, 2.45) is 11.8 Å².